The van der Waals surface area contributed by atoms with E-state index in [1.165, 1.54) is 0 Å². The molecule has 28 heavy (non-hydrogen) atoms. The summed E-state index contributed by atoms with van der Waals surface area (Å²) < 4.78 is 0. The van der Waals surface area contributed by atoms with Gasteiger partial charge in [0.1, 0.15) is 0 Å². The minimum absolute atomic E-state index is 0.112. The Balaban J connectivity index is 1.70. The number of carbonyl (C=O) groups is 2. The van der Waals surface area contributed by atoms with Crippen molar-refractivity contribution < 1.29 is 14.7 Å². The lowest BCUT2D eigenvalue weighted by Crippen LogP contribution is -2.50. The van der Waals surface area contributed by atoms with Gasteiger partial charge in [0.15, 0.2) is 0 Å². The summed E-state index contributed by atoms with van der Waals surface area (Å²) in [6, 6.07) is 17.4. The molecule has 2 N–H and O–H groups in total. The summed E-state index contributed by atoms with van der Waals surface area (Å²) in [7, 11) is 0. The number of likely N-dealkylation sites (tertiary alicyclic amines) is 1. The Labute approximate surface area is 170 Å². The van der Waals surface area contributed by atoms with Gasteiger partial charge in [0.05, 0.1) is 17.6 Å². The lowest BCUT2D eigenvalue weighted by atomic mass is 9.89. The zero-order chi connectivity index (χ0) is 20.1. The van der Waals surface area contributed by atoms with Gasteiger partial charge in [-0.3, -0.25) is 14.5 Å². The Bertz CT molecular complexity index is 828. The highest BCUT2D eigenvalue weighted by Crippen LogP contribution is 2.33. The second-order valence-electron chi connectivity index (χ2n) is 7.41. The number of rotatable bonds is 6. The summed E-state index contributed by atoms with van der Waals surface area (Å²) in [5.41, 5.74) is 0.771. The van der Waals surface area contributed by atoms with Crippen LogP contribution in [-0.4, -0.2) is 41.0 Å². The van der Waals surface area contributed by atoms with E-state index in [-0.39, 0.29) is 17.9 Å². The molecule has 0 spiro atoms. The molecule has 0 saturated carbocycles. The van der Waals surface area contributed by atoms with Crippen molar-refractivity contribution in [1.29, 1.82) is 0 Å². The molecule has 0 radical (unpaired) electrons. The van der Waals surface area contributed by atoms with E-state index in [1.54, 1.807) is 11.8 Å². The van der Waals surface area contributed by atoms with Gasteiger partial charge < -0.3 is 10.4 Å². The van der Waals surface area contributed by atoms with Crippen molar-refractivity contribution in [2.45, 2.75) is 36.1 Å². The van der Waals surface area contributed by atoms with Crippen LogP contribution in [0.3, 0.4) is 0 Å². The van der Waals surface area contributed by atoms with E-state index < -0.39 is 11.9 Å². The second-order valence-corrected chi connectivity index (χ2v) is 8.52. The minimum atomic E-state index is -0.784. The lowest BCUT2D eigenvalue weighted by Gasteiger charge is -2.37. The quantitative estimate of drug-likeness (QED) is 0.763. The molecule has 0 bridgehead atoms. The van der Waals surface area contributed by atoms with Crippen molar-refractivity contribution in [2.75, 3.05) is 18.4 Å². The summed E-state index contributed by atoms with van der Waals surface area (Å²) in [6.07, 6.45) is 0.663. The molecule has 1 heterocycles. The molecule has 0 aromatic heterocycles. The Morgan fingerprint density at radius 2 is 1.79 bits per heavy atom. The van der Waals surface area contributed by atoms with Crippen LogP contribution in [0.25, 0.3) is 0 Å². The lowest BCUT2D eigenvalue weighted by molar-refractivity contribution is -0.145. The number of nitrogens with zero attached hydrogens (tertiary/aromatic N) is 1. The molecule has 1 saturated heterocycles. The van der Waals surface area contributed by atoms with Crippen molar-refractivity contribution in [1.82, 2.24) is 4.90 Å². The van der Waals surface area contributed by atoms with Gasteiger partial charge >= 0.3 is 5.97 Å². The van der Waals surface area contributed by atoms with Crippen LogP contribution in [0.2, 0.25) is 0 Å². The summed E-state index contributed by atoms with van der Waals surface area (Å²) >= 11 is 1.60. The molecule has 3 rings (SSSR count). The molecule has 5 nitrogen and oxygen atoms in total. The molecule has 1 amide bonds. The third-order valence-electron chi connectivity index (χ3n) is 5.08. The number of piperidine rings is 1. The number of benzene rings is 2. The van der Waals surface area contributed by atoms with E-state index in [0.717, 1.165) is 22.0 Å². The number of carboxylic acid groups (broad SMARTS) is 1. The number of amides is 1. The van der Waals surface area contributed by atoms with E-state index in [9.17, 15) is 14.7 Å². The summed E-state index contributed by atoms with van der Waals surface area (Å²) in [5.74, 6) is -1.06. The third kappa shape index (κ3) is 5.14. The van der Waals surface area contributed by atoms with E-state index in [4.69, 9.17) is 0 Å². The monoisotopic (exact) mass is 398 g/mol. The van der Waals surface area contributed by atoms with Crippen LogP contribution in [0, 0.1) is 11.8 Å². The average molecular weight is 399 g/mol. The van der Waals surface area contributed by atoms with Gasteiger partial charge in [0, 0.05) is 22.9 Å². The predicted octanol–water partition coefficient (Wildman–Crippen LogP) is 4.21. The van der Waals surface area contributed by atoms with Gasteiger partial charge in [-0.15, -0.1) is 0 Å². The van der Waals surface area contributed by atoms with Crippen molar-refractivity contribution in [3.63, 3.8) is 0 Å². The number of hydrogen-bond donors (Lipinski definition) is 2. The molecular formula is C22H26N2O3S. The maximum Gasteiger partial charge on any atom is 0.307 e. The molecule has 3 atom stereocenters. The fraction of sp³-hybridized carbons (Fsp3) is 0.364. The minimum Gasteiger partial charge on any atom is -0.481 e. The molecule has 1 fully saturated rings. The highest BCUT2D eigenvalue weighted by atomic mass is 32.2. The van der Waals surface area contributed by atoms with Crippen LogP contribution in [0.4, 0.5) is 5.69 Å². The van der Waals surface area contributed by atoms with Gasteiger partial charge in [0.2, 0.25) is 5.91 Å². The molecule has 6 heteroatoms. The number of nitrogens with one attached hydrogen (secondary N) is 1. The maximum absolute atomic E-state index is 12.9. The second kappa shape index (κ2) is 9.26. The molecule has 148 valence electrons. The first-order valence-electron chi connectivity index (χ1n) is 9.53. The van der Waals surface area contributed by atoms with Crippen molar-refractivity contribution in [3.05, 3.63) is 54.6 Å². The Morgan fingerprint density at radius 3 is 2.50 bits per heavy atom. The largest absolute Gasteiger partial charge is 0.481 e. The third-order valence-corrected chi connectivity index (χ3v) is 6.16. The first kappa shape index (κ1) is 20.4. The van der Waals surface area contributed by atoms with Crippen LogP contribution < -0.4 is 5.32 Å². The topological polar surface area (TPSA) is 69.6 Å². The van der Waals surface area contributed by atoms with Crippen molar-refractivity contribution in [2.24, 2.45) is 11.8 Å². The average Bonchev–Trinajstić information content (AvgIpc) is 2.69. The number of aliphatic carboxylic acids is 1. The van der Waals surface area contributed by atoms with Crippen molar-refractivity contribution in [3.8, 4) is 0 Å². The summed E-state index contributed by atoms with van der Waals surface area (Å²) in [5, 5.41) is 12.4. The number of para-hydroxylation sites is 1. The highest BCUT2D eigenvalue weighted by Gasteiger charge is 2.33. The number of carboxylic acids is 1. The van der Waals surface area contributed by atoms with Crippen LogP contribution in [0.5, 0.6) is 0 Å². The standard InChI is InChI=1S/C22H26N2O3S/c1-15-12-17(22(26)27)14-24(13-15)16(2)21(25)23-19-10-6-7-11-20(19)28-18-8-4-3-5-9-18/h3-11,15-17H,12-14H2,1-2H3,(H,23,25)(H,26,27). The van der Waals surface area contributed by atoms with Crippen LogP contribution in [-0.2, 0) is 9.59 Å². The fourth-order valence-electron chi connectivity index (χ4n) is 3.57. The van der Waals surface area contributed by atoms with Gasteiger partial charge in [-0.25, -0.2) is 0 Å². The number of hydrogen-bond acceptors (Lipinski definition) is 4. The molecule has 1 aliphatic heterocycles. The van der Waals surface area contributed by atoms with Gasteiger partial charge in [-0.1, -0.05) is 49.0 Å². The molecular weight excluding hydrogens is 372 g/mol. The fourth-order valence-corrected chi connectivity index (χ4v) is 4.49. The molecule has 0 aliphatic carbocycles. The zero-order valence-corrected chi connectivity index (χ0v) is 17.0. The van der Waals surface area contributed by atoms with Gasteiger partial charge in [0.25, 0.3) is 0 Å². The van der Waals surface area contributed by atoms with E-state index in [1.807, 2.05) is 73.3 Å². The first-order valence-corrected chi connectivity index (χ1v) is 10.4. The normalized spacial score (nSPS) is 21.1. The molecule has 3 unspecified atom stereocenters. The Morgan fingerprint density at radius 1 is 1.11 bits per heavy atom. The smallest absolute Gasteiger partial charge is 0.307 e. The maximum atomic E-state index is 12.9. The molecule has 1 aliphatic rings. The highest BCUT2D eigenvalue weighted by molar-refractivity contribution is 7.99. The van der Waals surface area contributed by atoms with Crippen LogP contribution in [0.1, 0.15) is 20.3 Å². The van der Waals surface area contributed by atoms with Gasteiger partial charge in [-0.2, -0.15) is 0 Å². The predicted molar refractivity (Wildman–Crippen MR) is 112 cm³/mol. The van der Waals surface area contributed by atoms with E-state index >= 15 is 0 Å². The number of anilines is 1. The summed E-state index contributed by atoms with van der Waals surface area (Å²) in [6.45, 7) is 5.03. The van der Waals surface area contributed by atoms with E-state index in [0.29, 0.717) is 13.0 Å². The first-order chi connectivity index (χ1) is 13.4. The van der Waals surface area contributed by atoms with Crippen LogP contribution in [0.15, 0.2) is 64.4 Å². The Hall–Kier alpha value is -2.31. The van der Waals surface area contributed by atoms with Crippen molar-refractivity contribution >= 4 is 29.3 Å². The SMILES string of the molecule is CC1CC(C(=O)O)CN(C(C)C(=O)Nc2ccccc2Sc2ccccc2)C1. The summed E-state index contributed by atoms with van der Waals surface area (Å²) in [4.78, 5) is 28.4. The molecule has 2 aromatic rings. The Kier molecular flexibility index (Phi) is 6.75. The van der Waals surface area contributed by atoms with Crippen LogP contribution >= 0.6 is 11.8 Å². The van der Waals surface area contributed by atoms with Gasteiger partial charge in [-0.05, 0) is 43.5 Å². The van der Waals surface area contributed by atoms with E-state index in [2.05, 4.69) is 5.32 Å². The number of carbonyl (C=O) groups excluding carboxylic acids is 1. The molecule has 2 aromatic carbocycles. The zero-order valence-electron chi connectivity index (χ0n) is 16.2.